The quantitative estimate of drug-likeness (QED) is 0.0325. The van der Waals surface area contributed by atoms with Crippen LogP contribution >= 0.6 is 0 Å². The van der Waals surface area contributed by atoms with Crippen LogP contribution in [0.15, 0.2) is 24.3 Å². The molecule has 2 unspecified atom stereocenters. The molecule has 0 saturated heterocycles. The van der Waals surface area contributed by atoms with E-state index in [1.54, 1.807) is 6.08 Å². The van der Waals surface area contributed by atoms with Crippen molar-refractivity contribution in [3.63, 3.8) is 0 Å². The third kappa shape index (κ3) is 41.8. The smallest absolute Gasteiger partial charge is 0.305 e. The zero-order valence-electron chi connectivity index (χ0n) is 36.7. The van der Waals surface area contributed by atoms with Crippen LogP contribution in [0.25, 0.3) is 0 Å². The molecule has 0 spiro atoms. The summed E-state index contributed by atoms with van der Waals surface area (Å²) in [5.74, 6) is -0.141. The van der Waals surface area contributed by atoms with Gasteiger partial charge in [-0.25, -0.2) is 0 Å². The molecule has 324 valence electrons. The molecule has 6 heteroatoms. The van der Waals surface area contributed by atoms with Crippen LogP contribution in [0.1, 0.15) is 251 Å². The Hall–Kier alpha value is -1.66. The third-order valence-electron chi connectivity index (χ3n) is 11.0. The lowest BCUT2D eigenvalue weighted by Gasteiger charge is -2.20. The van der Waals surface area contributed by atoms with Gasteiger partial charge in [-0.3, -0.25) is 9.59 Å². The Labute approximate surface area is 341 Å². The maximum atomic E-state index is 12.4. The molecule has 2 atom stereocenters. The van der Waals surface area contributed by atoms with Crippen LogP contribution in [-0.2, 0) is 14.3 Å². The molecule has 0 aliphatic heterocycles. The highest BCUT2D eigenvalue weighted by atomic mass is 16.5. The SMILES string of the molecule is CCCCCCCCCCC/C=C/C(O)C(CO)NC(=O)CCCCCC/C=C\CCCCOC(=O)CCCCCCCCCCCCCCCCCCC. The van der Waals surface area contributed by atoms with Crippen molar-refractivity contribution in [2.45, 2.75) is 264 Å². The molecule has 55 heavy (non-hydrogen) atoms. The van der Waals surface area contributed by atoms with Gasteiger partial charge in [0, 0.05) is 12.8 Å². The van der Waals surface area contributed by atoms with Gasteiger partial charge in [0.2, 0.25) is 5.91 Å². The lowest BCUT2D eigenvalue weighted by Crippen LogP contribution is -2.45. The second-order valence-corrected chi connectivity index (χ2v) is 16.4. The molecule has 6 nitrogen and oxygen atoms in total. The fraction of sp³-hybridized carbons (Fsp3) is 0.878. The molecule has 0 aromatic carbocycles. The van der Waals surface area contributed by atoms with Crippen molar-refractivity contribution >= 4 is 11.9 Å². The summed E-state index contributed by atoms with van der Waals surface area (Å²) in [6.45, 7) is 4.80. The van der Waals surface area contributed by atoms with Gasteiger partial charge >= 0.3 is 5.97 Å². The van der Waals surface area contributed by atoms with E-state index in [0.717, 1.165) is 77.0 Å². The summed E-state index contributed by atoms with van der Waals surface area (Å²) >= 11 is 0. The lowest BCUT2D eigenvalue weighted by molar-refractivity contribution is -0.143. The summed E-state index contributed by atoms with van der Waals surface area (Å²) in [5.41, 5.74) is 0. The highest BCUT2D eigenvalue weighted by Crippen LogP contribution is 2.15. The number of hydrogen-bond acceptors (Lipinski definition) is 5. The van der Waals surface area contributed by atoms with Crippen molar-refractivity contribution < 1.29 is 24.5 Å². The molecule has 0 aliphatic rings. The molecule has 1 amide bonds. The molecule has 0 radical (unpaired) electrons. The first kappa shape index (κ1) is 53.3. The van der Waals surface area contributed by atoms with Gasteiger partial charge in [-0.05, 0) is 57.8 Å². The van der Waals surface area contributed by atoms with Gasteiger partial charge in [0.25, 0.3) is 0 Å². The van der Waals surface area contributed by atoms with Gasteiger partial charge < -0.3 is 20.3 Å². The Morgan fingerprint density at radius 3 is 1.29 bits per heavy atom. The normalized spacial score (nSPS) is 12.9. The van der Waals surface area contributed by atoms with Gasteiger partial charge in [-0.2, -0.15) is 0 Å². The zero-order valence-corrected chi connectivity index (χ0v) is 36.7. The van der Waals surface area contributed by atoms with Crippen LogP contribution in [0.5, 0.6) is 0 Å². The summed E-state index contributed by atoms with van der Waals surface area (Å²) in [5, 5.41) is 22.9. The number of carbonyl (C=O) groups is 2. The number of amides is 1. The Morgan fingerprint density at radius 2 is 0.855 bits per heavy atom. The van der Waals surface area contributed by atoms with Gasteiger partial charge in [0.1, 0.15) is 0 Å². The van der Waals surface area contributed by atoms with Crippen LogP contribution < -0.4 is 5.32 Å². The number of aliphatic hydroxyl groups excluding tert-OH is 2. The molecular weight excluding hydrogens is 683 g/mol. The van der Waals surface area contributed by atoms with E-state index >= 15 is 0 Å². The second-order valence-electron chi connectivity index (χ2n) is 16.4. The predicted molar refractivity (Wildman–Crippen MR) is 236 cm³/mol. The molecule has 0 aromatic rings. The second kappa shape index (κ2) is 45.0. The molecule has 0 bridgehead atoms. The van der Waals surface area contributed by atoms with E-state index < -0.39 is 12.1 Å². The molecule has 0 saturated carbocycles. The highest BCUT2D eigenvalue weighted by molar-refractivity contribution is 5.76. The maximum Gasteiger partial charge on any atom is 0.305 e. The summed E-state index contributed by atoms with van der Waals surface area (Å²) < 4.78 is 5.43. The van der Waals surface area contributed by atoms with E-state index in [4.69, 9.17) is 4.74 Å². The van der Waals surface area contributed by atoms with Gasteiger partial charge in [0.15, 0.2) is 0 Å². The van der Waals surface area contributed by atoms with E-state index in [2.05, 4.69) is 31.3 Å². The van der Waals surface area contributed by atoms with E-state index in [0.29, 0.717) is 19.4 Å². The van der Waals surface area contributed by atoms with Crippen molar-refractivity contribution in [1.29, 1.82) is 0 Å². The van der Waals surface area contributed by atoms with Gasteiger partial charge in [0.05, 0.1) is 25.4 Å². The summed E-state index contributed by atoms with van der Waals surface area (Å²) in [4.78, 5) is 24.4. The van der Waals surface area contributed by atoms with Crippen molar-refractivity contribution in [3.8, 4) is 0 Å². The fourth-order valence-electron chi connectivity index (χ4n) is 7.21. The van der Waals surface area contributed by atoms with Crippen LogP contribution in [0, 0.1) is 0 Å². The van der Waals surface area contributed by atoms with Gasteiger partial charge in [-0.1, -0.05) is 205 Å². The Bertz CT molecular complexity index is 858. The van der Waals surface area contributed by atoms with Crippen molar-refractivity contribution in [3.05, 3.63) is 24.3 Å². The van der Waals surface area contributed by atoms with Crippen molar-refractivity contribution in [2.24, 2.45) is 0 Å². The zero-order chi connectivity index (χ0) is 40.1. The number of carbonyl (C=O) groups excluding carboxylic acids is 2. The van der Waals surface area contributed by atoms with Gasteiger partial charge in [-0.15, -0.1) is 0 Å². The number of hydrogen-bond donors (Lipinski definition) is 3. The largest absolute Gasteiger partial charge is 0.466 e. The fourth-order valence-corrected chi connectivity index (χ4v) is 7.21. The topological polar surface area (TPSA) is 95.9 Å². The minimum absolute atomic E-state index is 0.0354. The minimum Gasteiger partial charge on any atom is -0.466 e. The number of aliphatic hydroxyl groups is 2. The minimum atomic E-state index is -0.863. The Kier molecular flexibility index (Phi) is 43.7. The maximum absolute atomic E-state index is 12.4. The summed E-state index contributed by atoms with van der Waals surface area (Å²) in [6, 6.07) is -0.650. The van der Waals surface area contributed by atoms with Crippen molar-refractivity contribution in [2.75, 3.05) is 13.2 Å². The first-order chi connectivity index (χ1) is 27.0. The number of ether oxygens (including phenoxy) is 1. The highest BCUT2D eigenvalue weighted by Gasteiger charge is 2.18. The van der Waals surface area contributed by atoms with Crippen LogP contribution in [0.2, 0.25) is 0 Å². The predicted octanol–water partition coefficient (Wildman–Crippen LogP) is 14.0. The van der Waals surface area contributed by atoms with E-state index in [1.807, 2.05) is 6.08 Å². The molecule has 0 fully saturated rings. The van der Waals surface area contributed by atoms with Crippen molar-refractivity contribution in [1.82, 2.24) is 5.32 Å². The average Bonchev–Trinajstić information content (AvgIpc) is 3.18. The first-order valence-electron chi connectivity index (χ1n) is 24.1. The summed E-state index contributed by atoms with van der Waals surface area (Å²) in [7, 11) is 0. The standard InChI is InChI=1S/C49H93NO5/c1-3-5-7-9-11-13-15-16-17-18-19-20-22-27-31-35-39-43-49(54)55-44-40-36-32-28-24-23-26-30-34-38-42-48(53)50-46(45-51)47(52)41-37-33-29-25-21-14-12-10-8-6-4-2/h24,28,37,41,46-47,51-52H,3-23,25-27,29-36,38-40,42-45H2,1-2H3,(H,50,53)/b28-24-,41-37+. The number of unbranched alkanes of at least 4 members (excludes halogenated alkanes) is 31. The first-order valence-corrected chi connectivity index (χ1v) is 24.1. The molecule has 0 aromatic heterocycles. The van der Waals surface area contributed by atoms with Crippen LogP contribution in [-0.4, -0.2) is 47.4 Å². The number of nitrogens with one attached hydrogen (secondary N) is 1. The molecular formula is C49H93NO5. The Morgan fingerprint density at radius 1 is 0.491 bits per heavy atom. The van der Waals surface area contributed by atoms with E-state index in [-0.39, 0.29) is 18.5 Å². The van der Waals surface area contributed by atoms with E-state index in [9.17, 15) is 19.8 Å². The average molecular weight is 776 g/mol. The molecule has 0 rings (SSSR count). The van der Waals surface area contributed by atoms with Crippen LogP contribution in [0.4, 0.5) is 0 Å². The lowest BCUT2D eigenvalue weighted by atomic mass is 10.0. The van der Waals surface area contributed by atoms with E-state index in [1.165, 1.54) is 148 Å². The number of esters is 1. The monoisotopic (exact) mass is 776 g/mol. The molecule has 0 heterocycles. The number of allylic oxidation sites excluding steroid dienone is 3. The summed E-state index contributed by atoms with van der Waals surface area (Å²) in [6.07, 6.45) is 51.8. The van der Waals surface area contributed by atoms with Crippen LogP contribution in [0.3, 0.4) is 0 Å². The number of rotatable bonds is 44. The molecule has 0 aliphatic carbocycles. The molecule has 3 N–H and O–H groups in total. The third-order valence-corrected chi connectivity index (χ3v) is 11.0. The Balaban J connectivity index is 3.52.